The number of hydrogen-bond donors (Lipinski definition) is 2. The van der Waals surface area contributed by atoms with E-state index in [1.165, 1.54) is 0 Å². The average molecular weight is 406 g/mol. The summed E-state index contributed by atoms with van der Waals surface area (Å²) in [6.07, 6.45) is 1.70. The van der Waals surface area contributed by atoms with Crippen molar-refractivity contribution < 1.29 is 4.79 Å². The van der Waals surface area contributed by atoms with Gasteiger partial charge >= 0.3 is 0 Å². The van der Waals surface area contributed by atoms with Gasteiger partial charge in [0.05, 0.1) is 13.1 Å². The number of guanidine groups is 1. The Labute approximate surface area is 176 Å². The number of carbonyl (C=O) groups excluding carboxylic acids is 1. The van der Waals surface area contributed by atoms with Gasteiger partial charge in [-0.15, -0.1) is 10.2 Å². The summed E-state index contributed by atoms with van der Waals surface area (Å²) in [7, 11) is 3.49. The lowest BCUT2D eigenvalue weighted by molar-refractivity contribution is 0.0827. The monoisotopic (exact) mass is 405 g/mol. The van der Waals surface area contributed by atoms with Crippen molar-refractivity contribution in [2.75, 3.05) is 20.6 Å². The molecule has 30 heavy (non-hydrogen) atoms. The number of nitrogens with zero attached hydrogens (tertiary/aromatic N) is 5. The molecule has 2 N–H and O–H groups in total. The van der Waals surface area contributed by atoms with Gasteiger partial charge in [0.1, 0.15) is 6.33 Å². The number of rotatable bonds is 7. The van der Waals surface area contributed by atoms with E-state index in [1.807, 2.05) is 66.1 Å². The van der Waals surface area contributed by atoms with Gasteiger partial charge in [-0.05, 0) is 36.8 Å². The number of amides is 1. The predicted molar refractivity (Wildman–Crippen MR) is 117 cm³/mol. The van der Waals surface area contributed by atoms with Crippen molar-refractivity contribution in [2.45, 2.75) is 20.0 Å². The SMILES string of the molecule is CCNC(=NCc1ccc(C(=O)N(C)C)cc1)NCc1nncn1-c1ccccc1. The molecule has 0 saturated carbocycles. The van der Waals surface area contributed by atoms with Crippen LogP contribution in [0.15, 0.2) is 65.9 Å². The first-order valence-electron chi connectivity index (χ1n) is 9.85. The van der Waals surface area contributed by atoms with E-state index in [-0.39, 0.29) is 5.91 Å². The quantitative estimate of drug-likeness (QED) is 0.465. The van der Waals surface area contributed by atoms with Crippen molar-refractivity contribution in [2.24, 2.45) is 4.99 Å². The lowest BCUT2D eigenvalue weighted by Crippen LogP contribution is -2.37. The van der Waals surface area contributed by atoms with Crippen LogP contribution in [-0.2, 0) is 13.1 Å². The van der Waals surface area contributed by atoms with E-state index in [1.54, 1.807) is 25.3 Å². The van der Waals surface area contributed by atoms with Crippen molar-refractivity contribution in [1.82, 2.24) is 30.3 Å². The Morgan fingerprint density at radius 1 is 1.07 bits per heavy atom. The second-order valence-electron chi connectivity index (χ2n) is 6.90. The number of aliphatic imine (C=N–C) groups is 1. The van der Waals surface area contributed by atoms with Gasteiger partial charge < -0.3 is 15.5 Å². The number of hydrogen-bond acceptors (Lipinski definition) is 4. The number of benzene rings is 2. The highest BCUT2D eigenvalue weighted by molar-refractivity contribution is 5.93. The summed E-state index contributed by atoms with van der Waals surface area (Å²) < 4.78 is 1.94. The molecule has 0 radical (unpaired) electrons. The molecular formula is C22H27N7O. The lowest BCUT2D eigenvalue weighted by atomic mass is 10.1. The Hall–Kier alpha value is -3.68. The first-order chi connectivity index (χ1) is 14.6. The van der Waals surface area contributed by atoms with Gasteiger partial charge in [-0.25, -0.2) is 4.99 Å². The van der Waals surface area contributed by atoms with Crippen LogP contribution in [-0.4, -0.2) is 52.2 Å². The Kier molecular flexibility index (Phi) is 7.15. The number of carbonyl (C=O) groups is 1. The Morgan fingerprint density at radius 2 is 1.80 bits per heavy atom. The normalized spacial score (nSPS) is 11.2. The van der Waals surface area contributed by atoms with Crippen LogP contribution in [0.1, 0.15) is 28.7 Å². The minimum Gasteiger partial charge on any atom is -0.357 e. The molecule has 0 unspecified atom stereocenters. The molecule has 3 rings (SSSR count). The van der Waals surface area contributed by atoms with E-state index in [9.17, 15) is 4.79 Å². The van der Waals surface area contributed by atoms with Crippen LogP contribution in [0.3, 0.4) is 0 Å². The summed E-state index contributed by atoms with van der Waals surface area (Å²) >= 11 is 0. The highest BCUT2D eigenvalue weighted by Crippen LogP contribution is 2.09. The molecule has 0 spiro atoms. The second kappa shape index (κ2) is 10.2. The van der Waals surface area contributed by atoms with Crippen molar-refractivity contribution in [3.05, 3.63) is 77.9 Å². The van der Waals surface area contributed by atoms with Crippen LogP contribution in [0.4, 0.5) is 0 Å². The minimum absolute atomic E-state index is 0.0115. The maximum Gasteiger partial charge on any atom is 0.253 e. The van der Waals surface area contributed by atoms with Crippen molar-refractivity contribution in [3.63, 3.8) is 0 Å². The summed E-state index contributed by atoms with van der Waals surface area (Å²) in [6.45, 7) is 3.74. The van der Waals surface area contributed by atoms with E-state index in [0.717, 1.165) is 23.6 Å². The van der Waals surface area contributed by atoms with Gasteiger partial charge in [-0.3, -0.25) is 9.36 Å². The molecular weight excluding hydrogens is 378 g/mol. The minimum atomic E-state index is -0.0115. The number of para-hydroxylation sites is 1. The Bertz CT molecular complexity index is 978. The molecule has 1 aromatic heterocycles. The third-order valence-electron chi connectivity index (χ3n) is 4.44. The molecule has 1 amide bonds. The Morgan fingerprint density at radius 3 is 2.47 bits per heavy atom. The first-order valence-corrected chi connectivity index (χ1v) is 9.85. The van der Waals surface area contributed by atoms with Gasteiger partial charge in [0, 0.05) is 31.9 Å². The van der Waals surface area contributed by atoms with Gasteiger partial charge in [0.15, 0.2) is 11.8 Å². The predicted octanol–water partition coefficient (Wildman–Crippen LogP) is 2.22. The van der Waals surface area contributed by atoms with E-state index < -0.39 is 0 Å². The standard InChI is InChI=1S/C22H27N7O/c1-4-23-22(24-14-17-10-12-18(13-11-17)21(30)28(2)3)25-15-20-27-26-16-29(20)19-8-6-5-7-9-19/h5-13,16H,4,14-15H2,1-3H3,(H2,23,24,25). The Balaban J connectivity index is 1.65. The molecule has 0 aliphatic carbocycles. The highest BCUT2D eigenvalue weighted by atomic mass is 16.2. The summed E-state index contributed by atoms with van der Waals surface area (Å²) in [5, 5.41) is 14.8. The molecule has 0 fully saturated rings. The molecule has 156 valence electrons. The summed E-state index contributed by atoms with van der Waals surface area (Å²) in [5.41, 5.74) is 2.70. The van der Waals surface area contributed by atoms with Gasteiger partial charge in [-0.1, -0.05) is 30.3 Å². The number of nitrogens with one attached hydrogen (secondary N) is 2. The summed E-state index contributed by atoms with van der Waals surface area (Å²) in [6, 6.07) is 17.5. The molecule has 8 heteroatoms. The molecule has 3 aromatic rings. The van der Waals surface area contributed by atoms with Crippen molar-refractivity contribution in [3.8, 4) is 5.69 Å². The zero-order valence-electron chi connectivity index (χ0n) is 17.5. The summed E-state index contributed by atoms with van der Waals surface area (Å²) in [5.74, 6) is 1.47. The fourth-order valence-electron chi connectivity index (χ4n) is 2.87. The van der Waals surface area contributed by atoms with Crippen LogP contribution in [0, 0.1) is 0 Å². The summed E-state index contributed by atoms with van der Waals surface area (Å²) in [4.78, 5) is 18.2. The molecule has 2 aromatic carbocycles. The fraction of sp³-hybridized carbons (Fsp3) is 0.273. The maximum atomic E-state index is 12.0. The first kappa shape index (κ1) is 21.0. The smallest absolute Gasteiger partial charge is 0.253 e. The highest BCUT2D eigenvalue weighted by Gasteiger charge is 2.08. The van der Waals surface area contributed by atoms with Crippen LogP contribution < -0.4 is 10.6 Å². The van der Waals surface area contributed by atoms with E-state index in [0.29, 0.717) is 24.6 Å². The van der Waals surface area contributed by atoms with E-state index in [4.69, 9.17) is 0 Å². The largest absolute Gasteiger partial charge is 0.357 e. The van der Waals surface area contributed by atoms with Crippen LogP contribution in [0.2, 0.25) is 0 Å². The zero-order valence-corrected chi connectivity index (χ0v) is 17.5. The molecule has 0 aliphatic heterocycles. The number of aromatic nitrogens is 3. The molecule has 0 atom stereocenters. The van der Waals surface area contributed by atoms with E-state index >= 15 is 0 Å². The topological polar surface area (TPSA) is 87.4 Å². The van der Waals surface area contributed by atoms with Crippen LogP contribution in [0.25, 0.3) is 5.69 Å². The molecule has 0 bridgehead atoms. The molecule has 0 aliphatic rings. The van der Waals surface area contributed by atoms with Gasteiger partial charge in [-0.2, -0.15) is 0 Å². The van der Waals surface area contributed by atoms with E-state index in [2.05, 4.69) is 25.8 Å². The van der Waals surface area contributed by atoms with Crippen molar-refractivity contribution in [1.29, 1.82) is 0 Å². The molecule has 1 heterocycles. The molecule has 8 nitrogen and oxygen atoms in total. The van der Waals surface area contributed by atoms with Crippen LogP contribution in [0.5, 0.6) is 0 Å². The third kappa shape index (κ3) is 5.44. The fourth-order valence-corrected chi connectivity index (χ4v) is 2.87. The third-order valence-corrected chi connectivity index (χ3v) is 4.44. The zero-order chi connectivity index (χ0) is 21.3. The van der Waals surface area contributed by atoms with Crippen molar-refractivity contribution >= 4 is 11.9 Å². The maximum absolute atomic E-state index is 12.0. The second-order valence-corrected chi connectivity index (χ2v) is 6.90. The van der Waals surface area contributed by atoms with Gasteiger partial charge in [0.2, 0.25) is 0 Å². The average Bonchev–Trinajstić information content (AvgIpc) is 3.25. The van der Waals surface area contributed by atoms with Gasteiger partial charge in [0.25, 0.3) is 5.91 Å². The van der Waals surface area contributed by atoms with Crippen LogP contribution >= 0.6 is 0 Å². The lowest BCUT2D eigenvalue weighted by Gasteiger charge is -2.12. The molecule has 0 saturated heterocycles.